The minimum absolute atomic E-state index is 0.118. The van der Waals surface area contributed by atoms with Gasteiger partial charge in [-0.1, -0.05) is 0 Å². The van der Waals surface area contributed by atoms with Crippen LogP contribution < -0.4 is 5.32 Å². The van der Waals surface area contributed by atoms with Gasteiger partial charge < -0.3 is 5.32 Å². The predicted molar refractivity (Wildman–Crippen MR) is 76.7 cm³/mol. The fourth-order valence-electron chi connectivity index (χ4n) is 1.87. The lowest BCUT2D eigenvalue weighted by Crippen LogP contribution is -2.01. The molecule has 0 aliphatic rings. The zero-order valence-electron chi connectivity index (χ0n) is 11.1. The average Bonchev–Trinajstić information content (AvgIpc) is 2.66. The van der Waals surface area contributed by atoms with Crippen molar-refractivity contribution in [1.82, 2.24) is 4.98 Å². The number of non-ortho nitro benzene ring substituents is 1. The molecule has 0 radical (unpaired) electrons. The number of aromatic nitrogens is 1. The summed E-state index contributed by atoms with van der Waals surface area (Å²) in [7, 11) is 0. The Morgan fingerprint density at radius 2 is 2.11 bits per heavy atom. The highest BCUT2D eigenvalue weighted by Crippen LogP contribution is 2.23. The number of nitro groups is 1. The van der Waals surface area contributed by atoms with Gasteiger partial charge in [-0.3, -0.25) is 10.1 Å². The molecule has 0 saturated carbocycles. The van der Waals surface area contributed by atoms with E-state index in [-0.39, 0.29) is 10.6 Å². The Hall–Kier alpha value is -1.95. The molecule has 1 aromatic carbocycles. The van der Waals surface area contributed by atoms with Crippen LogP contribution in [-0.2, 0) is 6.54 Å². The second-order valence-corrected chi connectivity index (χ2v) is 5.64. The number of hydrogen-bond donors (Lipinski definition) is 1. The van der Waals surface area contributed by atoms with Gasteiger partial charge in [-0.25, -0.2) is 4.98 Å². The molecule has 1 aromatic heterocycles. The Labute approximate surface area is 115 Å². The number of nitrogens with one attached hydrogen (secondary N) is 1. The van der Waals surface area contributed by atoms with Crippen LogP contribution in [0.15, 0.2) is 18.2 Å². The minimum Gasteiger partial charge on any atom is -0.380 e. The number of benzene rings is 1. The molecule has 1 N–H and O–H groups in total. The number of aryl methyl sites for hydroxylation is 3. The van der Waals surface area contributed by atoms with Crippen LogP contribution in [0.1, 0.15) is 21.1 Å². The van der Waals surface area contributed by atoms with Crippen LogP contribution in [0.2, 0.25) is 0 Å². The first-order chi connectivity index (χ1) is 8.97. The first kappa shape index (κ1) is 13.5. The molecule has 100 valence electrons. The molecule has 5 nitrogen and oxygen atoms in total. The predicted octanol–water partition coefficient (Wildman–Crippen LogP) is 3.59. The van der Waals surface area contributed by atoms with Crippen molar-refractivity contribution in [2.24, 2.45) is 0 Å². The van der Waals surface area contributed by atoms with Gasteiger partial charge in [-0.15, -0.1) is 11.3 Å². The van der Waals surface area contributed by atoms with Crippen LogP contribution in [0.3, 0.4) is 0 Å². The van der Waals surface area contributed by atoms with Gasteiger partial charge in [-0.05, 0) is 32.4 Å². The summed E-state index contributed by atoms with van der Waals surface area (Å²) in [6.45, 7) is 6.53. The third kappa shape index (κ3) is 3.08. The molecule has 0 aliphatic carbocycles. The number of thiazole rings is 1. The van der Waals surface area contributed by atoms with E-state index < -0.39 is 0 Å². The maximum absolute atomic E-state index is 10.7. The van der Waals surface area contributed by atoms with E-state index in [2.05, 4.69) is 10.3 Å². The third-order valence-electron chi connectivity index (χ3n) is 2.86. The quantitative estimate of drug-likeness (QED) is 0.685. The Kier molecular flexibility index (Phi) is 3.80. The van der Waals surface area contributed by atoms with E-state index in [4.69, 9.17) is 0 Å². The zero-order valence-corrected chi connectivity index (χ0v) is 11.9. The normalized spacial score (nSPS) is 10.5. The molecular formula is C13H15N3O2S. The Morgan fingerprint density at radius 1 is 1.37 bits per heavy atom. The molecule has 0 fully saturated rings. The molecule has 0 saturated heterocycles. The molecular weight excluding hydrogens is 262 g/mol. The van der Waals surface area contributed by atoms with Crippen LogP contribution in [0.25, 0.3) is 0 Å². The van der Waals surface area contributed by atoms with E-state index >= 15 is 0 Å². The lowest BCUT2D eigenvalue weighted by atomic mass is 10.2. The van der Waals surface area contributed by atoms with Crippen molar-refractivity contribution < 1.29 is 4.92 Å². The lowest BCUT2D eigenvalue weighted by Gasteiger charge is -2.08. The van der Waals surface area contributed by atoms with E-state index in [9.17, 15) is 10.1 Å². The molecule has 0 aliphatic heterocycles. The van der Waals surface area contributed by atoms with E-state index in [1.165, 1.54) is 10.9 Å². The highest BCUT2D eigenvalue weighted by Gasteiger charge is 2.09. The summed E-state index contributed by atoms with van der Waals surface area (Å²) in [6, 6.07) is 4.84. The highest BCUT2D eigenvalue weighted by molar-refractivity contribution is 7.11. The fraction of sp³-hybridized carbons (Fsp3) is 0.308. The summed E-state index contributed by atoms with van der Waals surface area (Å²) in [5.74, 6) is 0. The van der Waals surface area contributed by atoms with Crippen LogP contribution in [0.4, 0.5) is 11.4 Å². The molecule has 6 heteroatoms. The summed E-state index contributed by atoms with van der Waals surface area (Å²) >= 11 is 1.67. The Balaban J connectivity index is 2.12. The van der Waals surface area contributed by atoms with Crippen molar-refractivity contribution in [3.63, 3.8) is 0 Å². The van der Waals surface area contributed by atoms with Gasteiger partial charge in [0.2, 0.25) is 0 Å². The van der Waals surface area contributed by atoms with Crippen molar-refractivity contribution in [2.45, 2.75) is 27.3 Å². The van der Waals surface area contributed by atoms with Crippen LogP contribution in [-0.4, -0.2) is 9.91 Å². The maximum Gasteiger partial charge on any atom is 0.269 e. The van der Waals surface area contributed by atoms with Gasteiger partial charge >= 0.3 is 0 Å². The van der Waals surface area contributed by atoms with Crippen molar-refractivity contribution >= 4 is 22.7 Å². The van der Waals surface area contributed by atoms with Crippen molar-refractivity contribution in [1.29, 1.82) is 0 Å². The van der Waals surface area contributed by atoms with Gasteiger partial charge in [0.25, 0.3) is 5.69 Å². The van der Waals surface area contributed by atoms with Gasteiger partial charge in [0.1, 0.15) is 0 Å². The third-order valence-corrected chi connectivity index (χ3v) is 3.93. The van der Waals surface area contributed by atoms with E-state index in [0.717, 1.165) is 22.0 Å². The van der Waals surface area contributed by atoms with Crippen LogP contribution in [0.5, 0.6) is 0 Å². The molecule has 1 heterocycles. The Morgan fingerprint density at radius 3 is 2.63 bits per heavy atom. The number of anilines is 1. The number of rotatable bonds is 4. The standard InChI is InChI=1S/C13H15N3O2S/c1-8-6-11(16(17)18)4-5-12(8)14-7-13-9(2)15-10(3)19-13/h4-6,14H,7H2,1-3H3. The molecule has 0 atom stereocenters. The van der Waals surface area contributed by atoms with Crippen LogP contribution >= 0.6 is 11.3 Å². The molecule has 0 spiro atoms. The maximum atomic E-state index is 10.7. The topological polar surface area (TPSA) is 68.1 Å². The molecule has 2 aromatic rings. The van der Waals surface area contributed by atoms with Gasteiger partial charge in [0.05, 0.1) is 22.2 Å². The van der Waals surface area contributed by atoms with Gasteiger partial charge in [0, 0.05) is 22.7 Å². The summed E-state index contributed by atoms with van der Waals surface area (Å²) in [4.78, 5) is 15.9. The highest BCUT2D eigenvalue weighted by atomic mass is 32.1. The smallest absolute Gasteiger partial charge is 0.269 e. The van der Waals surface area contributed by atoms with Crippen molar-refractivity contribution in [3.8, 4) is 0 Å². The molecule has 2 rings (SSSR count). The second kappa shape index (κ2) is 5.36. The second-order valence-electron chi connectivity index (χ2n) is 4.35. The Bertz CT molecular complexity index is 622. The van der Waals surface area contributed by atoms with E-state index in [1.54, 1.807) is 23.5 Å². The number of nitro benzene ring substituents is 1. The van der Waals surface area contributed by atoms with Crippen LogP contribution in [0, 0.1) is 30.9 Å². The first-order valence-electron chi connectivity index (χ1n) is 5.89. The number of hydrogen-bond acceptors (Lipinski definition) is 5. The molecule has 19 heavy (non-hydrogen) atoms. The van der Waals surface area contributed by atoms with Crippen molar-refractivity contribution in [3.05, 3.63) is 49.5 Å². The van der Waals surface area contributed by atoms with E-state index in [0.29, 0.717) is 6.54 Å². The average molecular weight is 277 g/mol. The SMILES string of the molecule is Cc1nc(C)c(CNc2ccc([N+](=O)[O-])cc2C)s1. The summed E-state index contributed by atoms with van der Waals surface area (Å²) in [6.07, 6.45) is 0. The summed E-state index contributed by atoms with van der Waals surface area (Å²) in [5.41, 5.74) is 2.94. The summed E-state index contributed by atoms with van der Waals surface area (Å²) in [5, 5.41) is 15.0. The van der Waals surface area contributed by atoms with E-state index in [1.807, 2.05) is 20.8 Å². The monoisotopic (exact) mass is 277 g/mol. The molecule has 0 amide bonds. The molecule has 0 unspecified atom stereocenters. The minimum atomic E-state index is -0.381. The van der Waals surface area contributed by atoms with Gasteiger partial charge in [0.15, 0.2) is 0 Å². The van der Waals surface area contributed by atoms with Gasteiger partial charge in [-0.2, -0.15) is 0 Å². The summed E-state index contributed by atoms with van der Waals surface area (Å²) < 4.78 is 0. The molecule has 0 bridgehead atoms. The number of nitrogens with zero attached hydrogens (tertiary/aromatic N) is 2. The largest absolute Gasteiger partial charge is 0.380 e. The fourth-order valence-corrected chi connectivity index (χ4v) is 2.75. The first-order valence-corrected chi connectivity index (χ1v) is 6.71. The lowest BCUT2D eigenvalue weighted by molar-refractivity contribution is -0.384. The zero-order chi connectivity index (χ0) is 14.0. The van der Waals surface area contributed by atoms with Crippen molar-refractivity contribution in [2.75, 3.05) is 5.32 Å².